The van der Waals surface area contributed by atoms with Crippen molar-refractivity contribution in [2.75, 3.05) is 17.2 Å². The van der Waals surface area contributed by atoms with Gasteiger partial charge in [-0.2, -0.15) is 0 Å². The molecule has 4 rings (SSSR count). The molecule has 0 bridgehead atoms. The lowest BCUT2D eigenvalue weighted by atomic mass is 9.98. The van der Waals surface area contributed by atoms with Crippen LogP contribution < -0.4 is 10.6 Å². The average Bonchev–Trinajstić information content (AvgIpc) is 2.88. The van der Waals surface area contributed by atoms with Gasteiger partial charge in [-0.05, 0) is 30.2 Å². The standard InChI is InChI=1S/C19H16N2O4/c22-18(23)12-6-7-13-14(9-12)21-16-10-25-19(24)17(16)15(20-13)8-11-4-2-1-3-5-11/h1-7,9,15,20-21H,8,10H2,(H,22,23). The largest absolute Gasteiger partial charge is 0.478 e. The molecule has 3 N–H and O–H groups in total. The summed E-state index contributed by atoms with van der Waals surface area (Å²) in [4.78, 5) is 23.5. The quantitative estimate of drug-likeness (QED) is 0.747. The first kappa shape index (κ1) is 15.3. The Bertz CT molecular complexity index is 890. The average molecular weight is 336 g/mol. The van der Waals surface area contributed by atoms with Gasteiger partial charge in [0.25, 0.3) is 0 Å². The van der Waals surface area contributed by atoms with E-state index in [0.717, 1.165) is 11.3 Å². The van der Waals surface area contributed by atoms with Crippen LogP contribution in [0.2, 0.25) is 0 Å². The van der Waals surface area contributed by atoms with E-state index < -0.39 is 5.97 Å². The Morgan fingerprint density at radius 1 is 1.16 bits per heavy atom. The molecule has 0 radical (unpaired) electrons. The highest BCUT2D eigenvalue weighted by Gasteiger charge is 2.34. The van der Waals surface area contributed by atoms with Gasteiger partial charge in [0.15, 0.2) is 0 Å². The Hall–Kier alpha value is -3.28. The molecule has 6 heteroatoms. The lowest BCUT2D eigenvalue weighted by Gasteiger charge is -2.19. The molecule has 0 fully saturated rings. The smallest absolute Gasteiger partial charge is 0.338 e. The number of esters is 1. The highest BCUT2D eigenvalue weighted by Crippen LogP contribution is 2.34. The van der Waals surface area contributed by atoms with E-state index in [-0.39, 0.29) is 24.2 Å². The van der Waals surface area contributed by atoms with Crippen LogP contribution in [0.1, 0.15) is 15.9 Å². The number of carbonyl (C=O) groups excluding carboxylic acids is 1. The van der Waals surface area contributed by atoms with Crippen LogP contribution in [0.15, 0.2) is 59.8 Å². The van der Waals surface area contributed by atoms with Crippen LogP contribution in [0.4, 0.5) is 11.4 Å². The Labute approximate surface area is 144 Å². The van der Waals surface area contributed by atoms with Crippen molar-refractivity contribution < 1.29 is 19.4 Å². The number of ether oxygens (including phenoxy) is 1. The summed E-state index contributed by atoms with van der Waals surface area (Å²) in [6.45, 7) is 0.165. The number of fused-ring (bicyclic) bond motifs is 1. The van der Waals surface area contributed by atoms with Gasteiger partial charge in [0, 0.05) is 0 Å². The van der Waals surface area contributed by atoms with Crippen LogP contribution in [0.5, 0.6) is 0 Å². The van der Waals surface area contributed by atoms with Gasteiger partial charge in [0.2, 0.25) is 0 Å². The first-order valence-electron chi connectivity index (χ1n) is 7.97. The summed E-state index contributed by atoms with van der Waals surface area (Å²) in [5, 5.41) is 15.7. The van der Waals surface area contributed by atoms with Crippen molar-refractivity contribution in [2.24, 2.45) is 0 Å². The zero-order valence-electron chi connectivity index (χ0n) is 13.3. The van der Waals surface area contributed by atoms with Crippen molar-refractivity contribution in [3.63, 3.8) is 0 Å². The Balaban J connectivity index is 1.74. The van der Waals surface area contributed by atoms with Gasteiger partial charge in [0.05, 0.1) is 34.3 Å². The van der Waals surface area contributed by atoms with Crippen LogP contribution in [0, 0.1) is 0 Å². The van der Waals surface area contributed by atoms with Crippen molar-refractivity contribution in [1.29, 1.82) is 0 Å². The van der Waals surface area contributed by atoms with Crippen molar-refractivity contribution in [3.8, 4) is 0 Å². The SMILES string of the molecule is O=C1OCC2=C1C(Cc1ccccc1)Nc1ccc(C(=O)O)cc1N2. The number of carboxylic acid groups (broad SMARTS) is 1. The molecule has 2 heterocycles. The fourth-order valence-electron chi connectivity index (χ4n) is 3.20. The van der Waals surface area contributed by atoms with Crippen molar-refractivity contribution >= 4 is 23.3 Å². The van der Waals surface area contributed by atoms with Gasteiger partial charge in [-0.3, -0.25) is 0 Å². The Morgan fingerprint density at radius 2 is 1.96 bits per heavy atom. The Kier molecular flexibility index (Phi) is 3.65. The summed E-state index contributed by atoms with van der Waals surface area (Å²) < 4.78 is 5.18. The maximum atomic E-state index is 12.2. The van der Waals surface area contributed by atoms with E-state index in [9.17, 15) is 14.7 Å². The van der Waals surface area contributed by atoms with Crippen molar-refractivity contribution in [1.82, 2.24) is 0 Å². The molecule has 2 aliphatic rings. The molecule has 0 spiro atoms. The minimum atomic E-state index is -0.998. The van der Waals surface area contributed by atoms with Crippen LogP contribution in [0.3, 0.4) is 0 Å². The number of carboxylic acids is 1. The molecule has 0 aliphatic carbocycles. The fourth-order valence-corrected chi connectivity index (χ4v) is 3.20. The molecule has 2 aromatic rings. The van der Waals surface area contributed by atoms with Gasteiger partial charge in [0.1, 0.15) is 6.61 Å². The normalized spacial score (nSPS) is 18.4. The van der Waals surface area contributed by atoms with Gasteiger partial charge in [-0.15, -0.1) is 0 Å². The zero-order valence-corrected chi connectivity index (χ0v) is 13.3. The molecular formula is C19H16N2O4. The van der Waals surface area contributed by atoms with Crippen LogP contribution in [-0.4, -0.2) is 29.7 Å². The van der Waals surface area contributed by atoms with E-state index in [0.29, 0.717) is 23.4 Å². The summed E-state index contributed by atoms with van der Waals surface area (Å²) in [5.41, 5.74) is 3.91. The molecule has 0 saturated carbocycles. The third-order valence-electron chi connectivity index (χ3n) is 4.41. The monoisotopic (exact) mass is 336 g/mol. The summed E-state index contributed by atoms with van der Waals surface area (Å²) in [5.74, 6) is -1.34. The van der Waals surface area contributed by atoms with E-state index in [1.807, 2.05) is 30.3 Å². The fraction of sp³-hybridized carbons (Fsp3) is 0.158. The molecule has 25 heavy (non-hydrogen) atoms. The predicted molar refractivity (Wildman–Crippen MR) is 92.6 cm³/mol. The topological polar surface area (TPSA) is 87.7 Å². The van der Waals surface area contributed by atoms with Crippen LogP contribution >= 0.6 is 0 Å². The summed E-state index contributed by atoms with van der Waals surface area (Å²) >= 11 is 0. The summed E-state index contributed by atoms with van der Waals surface area (Å²) in [6.07, 6.45) is 0.622. The van der Waals surface area contributed by atoms with Crippen LogP contribution in [0.25, 0.3) is 0 Å². The number of aromatic carboxylic acids is 1. The molecule has 126 valence electrons. The van der Waals surface area contributed by atoms with E-state index in [4.69, 9.17) is 4.74 Å². The second kappa shape index (κ2) is 5.98. The van der Waals surface area contributed by atoms with Gasteiger partial charge >= 0.3 is 11.9 Å². The first-order valence-corrected chi connectivity index (χ1v) is 7.97. The first-order chi connectivity index (χ1) is 12.1. The molecule has 2 aromatic carbocycles. The predicted octanol–water partition coefficient (Wildman–Crippen LogP) is 2.64. The highest BCUT2D eigenvalue weighted by atomic mass is 16.5. The molecular weight excluding hydrogens is 320 g/mol. The highest BCUT2D eigenvalue weighted by molar-refractivity contribution is 5.97. The number of cyclic esters (lactones) is 1. The van der Waals surface area contributed by atoms with Gasteiger partial charge < -0.3 is 20.5 Å². The summed E-state index contributed by atoms with van der Waals surface area (Å²) in [6, 6.07) is 14.5. The molecule has 2 aliphatic heterocycles. The number of rotatable bonds is 3. The number of hydrogen-bond donors (Lipinski definition) is 3. The summed E-state index contributed by atoms with van der Waals surface area (Å²) in [7, 11) is 0. The zero-order chi connectivity index (χ0) is 17.4. The lowest BCUT2D eigenvalue weighted by Crippen LogP contribution is -2.27. The maximum Gasteiger partial charge on any atom is 0.338 e. The minimum absolute atomic E-state index is 0.165. The van der Waals surface area contributed by atoms with E-state index in [2.05, 4.69) is 10.6 Å². The molecule has 0 amide bonds. The van der Waals surface area contributed by atoms with Gasteiger partial charge in [-0.25, -0.2) is 9.59 Å². The third-order valence-corrected chi connectivity index (χ3v) is 4.41. The lowest BCUT2D eigenvalue weighted by molar-refractivity contribution is -0.136. The number of carbonyl (C=O) groups is 2. The minimum Gasteiger partial charge on any atom is -0.478 e. The van der Waals surface area contributed by atoms with Crippen molar-refractivity contribution in [3.05, 3.63) is 70.9 Å². The molecule has 1 atom stereocenters. The number of anilines is 2. The molecule has 0 saturated heterocycles. The van der Waals surface area contributed by atoms with E-state index >= 15 is 0 Å². The van der Waals surface area contributed by atoms with Crippen molar-refractivity contribution in [2.45, 2.75) is 12.5 Å². The maximum absolute atomic E-state index is 12.2. The van der Waals surface area contributed by atoms with Gasteiger partial charge in [-0.1, -0.05) is 30.3 Å². The third kappa shape index (κ3) is 2.82. The second-order valence-corrected chi connectivity index (χ2v) is 6.05. The second-order valence-electron chi connectivity index (χ2n) is 6.05. The number of nitrogens with one attached hydrogen (secondary N) is 2. The van der Waals surface area contributed by atoms with Crippen LogP contribution in [-0.2, 0) is 16.0 Å². The molecule has 6 nitrogen and oxygen atoms in total. The number of benzene rings is 2. The number of hydrogen-bond acceptors (Lipinski definition) is 5. The Morgan fingerprint density at radius 3 is 2.72 bits per heavy atom. The molecule has 1 unspecified atom stereocenters. The van der Waals surface area contributed by atoms with E-state index in [1.165, 1.54) is 0 Å². The molecule has 0 aromatic heterocycles. The van der Waals surface area contributed by atoms with E-state index in [1.54, 1.807) is 18.2 Å².